The number of amidine groups is 1. The quantitative estimate of drug-likeness (QED) is 0.897. The molecule has 1 amide bonds. The monoisotopic (exact) mass is 359 g/mol. The van der Waals surface area contributed by atoms with Gasteiger partial charge in [0.1, 0.15) is 6.10 Å². The summed E-state index contributed by atoms with van der Waals surface area (Å²) in [4.78, 5) is 20.9. The lowest BCUT2D eigenvalue weighted by atomic mass is 9.87. The maximum absolute atomic E-state index is 12.6. The lowest BCUT2D eigenvalue weighted by Gasteiger charge is -2.42. The molecule has 0 unspecified atom stereocenters. The highest BCUT2D eigenvalue weighted by atomic mass is 16.6. The van der Waals surface area contributed by atoms with E-state index in [1.807, 2.05) is 56.1 Å². The molecule has 0 saturated carbocycles. The van der Waals surface area contributed by atoms with Crippen molar-refractivity contribution in [3.05, 3.63) is 30.3 Å². The summed E-state index contributed by atoms with van der Waals surface area (Å²) < 4.78 is 6.15. The van der Waals surface area contributed by atoms with E-state index >= 15 is 0 Å². The van der Waals surface area contributed by atoms with Gasteiger partial charge in [-0.2, -0.15) is 4.99 Å². The Hall–Kier alpha value is -2.08. The third-order valence-electron chi connectivity index (χ3n) is 5.56. The van der Waals surface area contributed by atoms with Crippen LogP contribution >= 0.6 is 0 Å². The van der Waals surface area contributed by atoms with Crippen molar-refractivity contribution in [2.45, 2.75) is 44.8 Å². The van der Waals surface area contributed by atoms with Gasteiger partial charge in [-0.05, 0) is 25.0 Å². The largest absolute Gasteiger partial charge is 0.453 e. The normalized spacial score (nSPS) is 27.4. The molecule has 0 aromatic heterocycles. The summed E-state index contributed by atoms with van der Waals surface area (Å²) in [6.07, 6.45) is 1.55. The van der Waals surface area contributed by atoms with Crippen LogP contribution in [0.15, 0.2) is 35.3 Å². The van der Waals surface area contributed by atoms with Crippen LogP contribution in [0.25, 0.3) is 0 Å². The standard InChI is InChI=1S/C20H29N3O3/c1-4-15(5-2)18(25)23-12-11-20(17(24)13-23)14-22(3)19(26-20)21-16-9-7-6-8-10-16/h6-10,15,17,24H,4-5,11-14H2,1-3H3/t17-,20+/m0/s1. The molecule has 0 radical (unpaired) electrons. The number of piperidine rings is 1. The number of hydrogen-bond donors (Lipinski definition) is 1. The molecule has 1 aromatic rings. The third-order valence-corrected chi connectivity index (χ3v) is 5.56. The van der Waals surface area contributed by atoms with E-state index in [-0.39, 0.29) is 11.8 Å². The van der Waals surface area contributed by atoms with Gasteiger partial charge in [0.15, 0.2) is 5.60 Å². The van der Waals surface area contributed by atoms with Crippen LogP contribution in [0.5, 0.6) is 0 Å². The Bertz CT molecular complexity index is 660. The maximum atomic E-state index is 12.6. The first kappa shape index (κ1) is 18.7. The van der Waals surface area contributed by atoms with E-state index in [4.69, 9.17) is 4.74 Å². The number of para-hydroxylation sites is 1. The summed E-state index contributed by atoms with van der Waals surface area (Å²) in [5.41, 5.74) is 0.134. The van der Waals surface area contributed by atoms with Gasteiger partial charge in [0.05, 0.1) is 18.8 Å². The number of carbonyl (C=O) groups excluding carboxylic acids is 1. The number of amides is 1. The van der Waals surface area contributed by atoms with Crippen LogP contribution < -0.4 is 0 Å². The van der Waals surface area contributed by atoms with Gasteiger partial charge in [-0.25, -0.2) is 0 Å². The van der Waals surface area contributed by atoms with Crippen molar-refractivity contribution in [3.8, 4) is 0 Å². The average molecular weight is 359 g/mol. The Balaban J connectivity index is 1.71. The van der Waals surface area contributed by atoms with Gasteiger partial charge in [0, 0.05) is 25.9 Å². The maximum Gasteiger partial charge on any atom is 0.293 e. The van der Waals surface area contributed by atoms with Crippen molar-refractivity contribution >= 4 is 17.6 Å². The first-order chi connectivity index (χ1) is 12.5. The van der Waals surface area contributed by atoms with Gasteiger partial charge in [-0.3, -0.25) is 4.79 Å². The molecule has 2 atom stereocenters. The van der Waals surface area contributed by atoms with E-state index in [9.17, 15) is 9.90 Å². The number of aliphatic hydroxyl groups is 1. The molecule has 0 bridgehead atoms. The molecule has 1 N–H and O–H groups in total. The molecule has 142 valence electrons. The Morgan fingerprint density at radius 3 is 2.65 bits per heavy atom. The zero-order chi connectivity index (χ0) is 18.7. The first-order valence-electron chi connectivity index (χ1n) is 9.49. The highest BCUT2D eigenvalue weighted by molar-refractivity contribution is 5.80. The van der Waals surface area contributed by atoms with E-state index < -0.39 is 11.7 Å². The molecule has 1 aromatic carbocycles. The molecule has 1 spiro atoms. The minimum atomic E-state index is -0.722. The molecule has 2 saturated heterocycles. The number of benzene rings is 1. The summed E-state index contributed by atoms with van der Waals surface area (Å²) in [5.74, 6) is 0.187. The first-order valence-corrected chi connectivity index (χ1v) is 9.49. The molecule has 2 fully saturated rings. The fraction of sp³-hybridized carbons (Fsp3) is 0.600. The highest BCUT2D eigenvalue weighted by Gasteiger charge is 2.51. The smallest absolute Gasteiger partial charge is 0.293 e. The fourth-order valence-electron chi connectivity index (χ4n) is 3.84. The second-order valence-corrected chi connectivity index (χ2v) is 7.32. The number of likely N-dealkylation sites (N-methyl/N-ethyl adjacent to an activating group) is 1. The van der Waals surface area contributed by atoms with Crippen LogP contribution in [0, 0.1) is 5.92 Å². The van der Waals surface area contributed by atoms with E-state index in [1.165, 1.54) is 0 Å². The topological polar surface area (TPSA) is 65.4 Å². The van der Waals surface area contributed by atoms with Crippen LogP contribution in [0.3, 0.4) is 0 Å². The van der Waals surface area contributed by atoms with Gasteiger partial charge < -0.3 is 19.6 Å². The van der Waals surface area contributed by atoms with Crippen LogP contribution in [-0.2, 0) is 9.53 Å². The Morgan fingerprint density at radius 1 is 1.35 bits per heavy atom. The lowest BCUT2D eigenvalue weighted by molar-refractivity contribution is -0.147. The summed E-state index contributed by atoms with van der Waals surface area (Å²) in [6, 6.07) is 10.2. The number of nitrogens with zero attached hydrogens (tertiary/aromatic N) is 3. The highest BCUT2D eigenvalue weighted by Crippen LogP contribution is 2.34. The lowest BCUT2D eigenvalue weighted by Crippen LogP contribution is -2.59. The van der Waals surface area contributed by atoms with E-state index in [2.05, 4.69) is 4.99 Å². The number of carbonyl (C=O) groups is 1. The molecule has 2 heterocycles. The van der Waals surface area contributed by atoms with E-state index in [0.29, 0.717) is 32.1 Å². The molecule has 2 aliphatic heterocycles. The number of likely N-dealkylation sites (tertiary alicyclic amines) is 1. The molecule has 6 heteroatoms. The second kappa shape index (κ2) is 7.66. The van der Waals surface area contributed by atoms with Crippen molar-refractivity contribution < 1.29 is 14.6 Å². The van der Waals surface area contributed by atoms with Crippen molar-refractivity contribution in [1.29, 1.82) is 0 Å². The summed E-state index contributed by atoms with van der Waals surface area (Å²) in [7, 11) is 1.92. The Labute approximate surface area is 155 Å². The fourth-order valence-corrected chi connectivity index (χ4v) is 3.84. The van der Waals surface area contributed by atoms with Crippen LogP contribution in [0.4, 0.5) is 5.69 Å². The average Bonchev–Trinajstić information content (AvgIpc) is 2.96. The summed E-state index contributed by atoms with van der Waals surface area (Å²) in [5, 5.41) is 10.8. The number of aliphatic hydroxyl groups excluding tert-OH is 1. The summed E-state index contributed by atoms with van der Waals surface area (Å²) in [6.45, 7) is 5.58. The SMILES string of the molecule is CCC(CC)C(=O)N1CC[C@@]2(CN(C)C(=Nc3ccccc3)O2)[C@@H](O)C1. The van der Waals surface area contributed by atoms with Crippen LogP contribution in [-0.4, -0.2) is 65.2 Å². The van der Waals surface area contributed by atoms with Crippen molar-refractivity contribution in [1.82, 2.24) is 9.80 Å². The van der Waals surface area contributed by atoms with Crippen LogP contribution in [0.2, 0.25) is 0 Å². The molecule has 3 rings (SSSR count). The minimum Gasteiger partial charge on any atom is -0.453 e. The predicted molar refractivity (Wildman–Crippen MR) is 101 cm³/mol. The predicted octanol–water partition coefficient (Wildman–Crippen LogP) is 2.40. The van der Waals surface area contributed by atoms with Crippen molar-refractivity contribution in [2.75, 3.05) is 26.7 Å². The molecule has 26 heavy (non-hydrogen) atoms. The van der Waals surface area contributed by atoms with Gasteiger partial charge in [0.2, 0.25) is 5.91 Å². The van der Waals surface area contributed by atoms with Crippen LogP contribution in [0.1, 0.15) is 33.1 Å². The molecule has 2 aliphatic rings. The number of aliphatic imine (C=N–C) groups is 1. The zero-order valence-corrected chi connectivity index (χ0v) is 15.9. The Kier molecular flexibility index (Phi) is 5.51. The van der Waals surface area contributed by atoms with Gasteiger partial charge in [-0.1, -0.05) is 32.0 Å². The number of β-amino-alcohol motifs (C(OH)–C–C–N with tert-alkyl or cyclic N) is 1. The van der Waals surface area contributed by atoms with E-state index in [1.54, 1.807) is 4.90 Å². The van der Waals surface area contributed by atoms with Crippen molar-refractivity contribution in [3.63, 3.8) is 0 Å². The van der Waals surface area contributed by atoms with Gasteiger partial charge >= 0.3 is 0 Å². The molecular formula is C20H29N3O3. The second-order valence-electron chi connectivity index (χ2n) is 7.32. The van der Waals surface area contributed by atoms with E-state index in [0.717, 1.165) is 18.5 Å². The molecule has 6 nitrogen and oxygen atoms in total. The van der Waals surface area contributed by atoms with Gasteiger partial charge in [0.25, 0.3) is 6.02 Å². The third kappa shape index (κ3) is 3.56. The number of hydrogen-bond acceptors (Lipinski definition) is 4. The molecular weight excluding hydrogens is 330 g/mol. The zero-order valence-electron chi connectivity index (χ0n) is 15.9. The summed E-state index contributed by atoms with van der Waals surface area (Å²) >= 11 is 0. The van der Waals surface area contributed by atoms with Gasteiger partial charge in [-0.15, -0.1) is 0 Å². The number of ether oxygens (including phenoxy) is 1. The molecule has 0 aliphatic carbocycles. The van der Waals surface area contributed by atoms with Crippen molar-refractivity contribution in [2.24, 2.45) is 10.9 Å². The minimum absolute atomic E-state index is 0.0404. The number of rotatable bonds is 4. The Morgan fingerprint density at radius 2 is 2.04 bits per heavy atom.